The Kier molecular flexibility index (Phi) is 3.95. The van der Waals surface area contributed by atoms with E-state index in [2.05, 4.69) is 15.3 Å². The number of hydrogen-bond donors (Lipinski definition) is 0. The molecule has 0 radical (unpaired) electrons. The summed E-state index contributed by atoms with van der Waals surface area (Å²) in [7, 11) is 0. The highest BCUT2D eigenvalue weighted by atomic mass is 32.1. The van der Waals surface area contributed by atoms with Gasteiger partial charge in [0.1, 0.15) is 6.33 Å². The van der Waals surface area contributed by atoms with E-state index in [1.165, 1.54) is 22.2 Å². The van der Waals surface area contributed by atoms with E-state index in [-0.39, 0.29) is 23.4 Å². The predicted molar refractivity (Wildman–Crippen MR) is 93.8 cm³/mol. The van der Waals surface area contributed by atoms with Gasteiger partial charge in [-0.1, -0.05) is 41.6 Å². The summed E-state index contributed by atoms with van der Waals surface area (Å²) in [5, 5.41) is 9.81. The molecule has 3 aromatic heterocycles. The van der Waals surface area contributed by atoms with Gasteiger partial charge in [0.25, 0.3) is 5.56 Å². The Balaban J connectivity index is 1.65. The molecule has 0 saturated heterocycles. The summed E-state index contributed by atoms with van der Waals surface area (Å²) in [5.74, 6) is -0.130. The van der Waals surface area contributed by atoms with Crippen LogP contribution in [0, 0.1) is 0 Å². The third-order valence-electron chi connectivity index (χ3n) is 3.78. The number of aromatic nitrogens is 5. The van der Waals surface area contributed by atoms with E-state index < -0.39 is 0 Å². The zero-order valence-electron chi connectivity index (χ0n) is 13.1. The molecule has 4 rings (SSSR count). The van der Waals surface area contributed by atoms with Gasteiger partial charge in [-0.05, 0) is 17.0 Å². The Morgan fingerprint density at radius 2 is 1.96 bits per heavy atom. The highest BCUT2D eigenvalue weighted by molar-refractivity contribution is 7.12. The van der Waals surface area contributed by atoms with Gasteiger partial charge in [-0.25, -0.2) is 9.67 Å². The maximum Gasteiger partial charge on any atom is 0.283 e. The van der Waals surface area contributed by atoms with Gasteiger partial charge < -0.3 is 0 Å². The van der Waals surface area contributed by atoms with Crippen LogP contribution in [0.25, 0.3) is 11.2 Å². The first-order valence-electron chi connectivity index (χ1n) is 7.61. The largest absolute Gasteiger partial charge is 0.291 e. The molecule has 1 aromatic carbocycles. The monoisotopic (exact) mass is 351 g/mol. The lowest BCUT2D eigenvalue weighted by molar-refractivity contribution is 0.0974. The van der Waals surface area contributed by atoms with Crippen LogP contribution in [-0.2, 0) is 13.1 Å². The van der Waals surface area contributed by atoms with Crippen LogP contribution in [0.5, 0.6) is 0 Å². The molecule has 0 N–H and O–H groups in total. The molecule has 0 aliphatic heterocycles. The second-order valence-corrected chi connectivity index (χ2v) is 6.43. The van der Waals surface area contributed by atoms with Crippen molar-refractivity contribution < 1.29 is 4.79 Å². The van der Waals surface area contributed by atoms with E-state index in [1.54, 1.807) is 16.8 Å². The van der Waals surface area contributed by atoms with Crippen LogP contribution in [0.2, 0.25) is 0 Å². The molecule has 0 saturated carbocycles. The SMILES string of the molecule is O=C(Cn1cnc2c(nnn2Cc2ccccc2)c1=O)c1cccs1. The topological polar surface area (TPSA) is 82.7 Å². The Bertz CT molecular complexity index is 1080. The molecule has 7 nitrogen and oxygen atoms in total. The molecule has 124 valence electrons. The van der Waals surface area contributed by atoms with Crippen molar-refractivity contribution in [3.63, 3.8) is 0 Å². The number of benzene rings is 1. The molecule has 0 aliphatic rings. The summed E-state index contributed by atoms with van der Waals surface area (Å²) in [4.78, 5) is 29.6. The van der Waals surface area contributed by atoms with E-state index in [4.69, 9.17) is 0 Å². The summed E-state index contributed by atoms with van der Waals surface area (Å²) < 4.78 is 2.85. The summed E-state index contributed by atoms with van der Waals surface area (Å²) in [6.45, 7) is 0.412. The second kappa shape index (κ2) is 6.40. The summed E-state index contributed by atoms with van der Waals surface area (Å²) in [6, 6.07) is 13.3. The number of nitrogens with zero attached hydrogens (tertiary/aromatic N) is 5. The van der Waals surface area contributed by atoms with Crippen molar-refractivity contribution in [2.45, 2.75) is 13.1 Å². The third kappa shape index (κ3) is 2.99. The number of Topliss-reactive ketones (excluding diaryl/α,β-unsaturated/α-hetero) is 1. The molecule has 4 aromatic rings. The van der Waals surface area contributed by atoms with Crippen LogP contribution in [0.3, 0.4) is 0 Å². The van der Waals surface area contributed by atoms with E-state index >= 15 is 0 Å². The zero-order valence-corrected chi connectivity index (χ0v) is 13.9. The fourth-order valence-electron chi connectivity index (χ4n) is 2.53. The van der Waals surface area contributed by atoms with Gasteiger partial charge in [0.2, 0.25) is 0 Å². The van der Waals surface area contributed by atoms with Crippen LogP contribution in [0.15, 0.2) is 59.0 Å². The maximum absolute atomic E-state index is 12.6. The average Bonchev–Trinajstić information content (AvgIpc) is 3.29. The van der Waals surface area contributed by atoms with Gasteiger partial charge in [0.15, 0.2) is 16.9 Å². The number of carbonyl (C=O) groups is 1. The number of thiophene rings is 1. The summed E-state index contributed by atoms with van der Waals surface area (Å²) >= 11 is 1.35. The van der Waals surface area contributed by atoms with Gasteiger partial charge in [-0.2, -0.15) is 0 Å². The standard InChI is InChI=1S/C17H13N5O2S/c23-13(14-7-4-8-25-14)10-21-11-18-16-15(17(21)24)19-20-22(16)9-12-5-2-1-3-6-12/h1-8,11H,9-10H2. The minimum Gasteiger partial charge on any atom is -0.291 e. The number of hydrogen-bond acceptors (Lipinski definition) is 6. The summed E-state index contributed by atoms with van der Waals surface area (Å²) in [6.07, 6.45) is 1.38. The summed E-state index contributed by atoms with van der Waals surface area (Å²) in [5.41, 5.74) is 1.24. The van der Waals surface area contributed by atoms with Gasteiger partial charge in [-0.3, -0.25) is 14.2 Å². The molecule has 0 unspecified atom stereocenters. The molecular weight excluding hydrogens is 338 g/mol. The van der Waals surface area contributed by atoms with E-state index in [0.717, 1.165) is 5.56 Å². The Labute approximate surface area is 146 Å². The van der Waals surface area contributed by atoms with Crippen molar-refractivity contribution >= 4 is 28.3 Å². The van der Waals surface area contributed by atoms with Crippen LogP contribution >= 0.6 is 11.3 Å². The highest BCUT2D eigenvalue weighted by Crippen LogP contribution is 2.11. The normalized spacial score (nSPS) is 11.0. The molecular formula is C17H13N5O2S. The van der Waals surface area contributed by atoms with Gasteiger partial charge in [-0.15, -0.1) is 16.4 Å². The molecule has 0 aliphatic carbocycles. The average molecular weight is 351 g/mol. The van der Waals surface area contributed by atoms with E-state index in [0.29, 0.717) is 17.1 Å². The molecule has 25 heavy (non-hydrogen) atoms. The first-order valence-corrected chi connectivity index (χ1v) is 8.49. The van der Waals surface area contributed by atoms with E-state index in [9.17, 15) is 9.59 Å². The lowest BCUT2D eigenvalue weighted by Gasteiger charge is -2.04. The molecule has 8 heteroatoms. The van der Waals surface area contributed by atoms with Crippen molar-refractivity contribution in [2.75, 3.05) is 0 Å². The Morgan fingerprint density at radius 3 is 2.72 bits per heavy atom. The van der Waals surface area contributed by atoms with Crippen molar-refractivity contribution in [3.8, 4) is 0 Å². The molecule has 0 fully saturated rings. The van der Waals surface area contributed by atoms with Gasteiger partial charge in [0, 0.05) is 0 Å². The molecule has 0 atom stereocenters. The zero-order chi connectivity index (χ0) is 17.2. The van der Waals surface area contributed by atoms with Gasteiger partial charge in [0.05, 0.1) is 18.0 Å². The maximum atomic E-state index is 12.6. The second-order valence-electron chi connectivity index (χ2n) is 5.48. The molecule has 3 heterocycles. The fraction of sp³-hybridized carbons (Fsp3) is 0.118. The lowest BCUT2D eigenvalue weighted by atomic mass is 10.2. The predicted octanol–water partition coefficient (Wildman–Crippen LogP) is 1.98. The number of rotatable bonds is 5. The number of ketones is 1. The molecule has 0 bridgehead atoms. The highest BCUT2D eigenvalue weighted by Gasteiger charge is 2.15. The van der Waals surface area contributed by atoms with Crippen molar-refractivity contribution in [2.24, 2.45) is 0 Å². The van der Waals surface area contributed by atoms with E-state index in [1.807, 2.05) is 35.7 Å². The van der Waals surface area contributed by atoms with Crippen LogP contribution in [0.4, 0.5) is 0 Å². The van der Waals surface area contributed by atoms with Crippen LogP contribution < -0.4 is 5.56 Å². The Hall–Kier alpha value is -3.13. The van der Waals surface area contributed by atoms with Crippen LogP contribution in [0.1, 0.15) is 15.2 Å². The quantitative estimate of drug-likeness (QED) is 0.514. The number of carbonyl (C=O) groups excluding carboxylic acids is 1. The van der Waals surface area contributed by atoms with Crippen molar-refractivity contribution in [1.29, 1.82) is 0 Å². The first kappa shape index (κ1) is 15.4. The minimum absolute atomic E-state index is 0.0617. The van der Waals surface area contributed by atoms with Crippen molar-refractivity contribution in [1.82, 2.24) is 24.5 Å². The van der Waals surface area contributed by atoms with Gasteiger partial charge >= 0.3 is 0 Å². The first-order chi connectivity index (χ1) is 12.2. The smallest absolute Gasteiger partial charge is 0.283 e. The fourth-order valence-corrected chi connectivity index (χ4v) is 3.19. The Morgan fingerprint density at radius 1 is 1.12 bits per heavy atom. The molecule has 0 spiro atoms. The van der Waals surface area contributed by atoms with Crippen molar-refractivity contribution in [3.05, 3.63) is 75.0 Å². The number of fused-ring (bicyclic) bond motifs is 1. The minimum atomic E-state index is -0.366. The lowest BCUT2D eigenvalue weighted by Crippen LogP contribution is -2.24. The van der Waals surface area contributed by atoms with Crippen LogP contribution in [-0.4, -0.2) is 30.3 Å². The third-order valence-corrected chi connectivity index (χ3v) is 4.69. The molecule has 0 amide bonds.